The Balaban J connectivity index is 3.53. The molecule has 0 aliphatic carbocycles. The van der Waals surface area contributed by atoms with Crippen LogP contribution < -0.4 is 0 Å². The molecule has 1 atom stereocenters. The van der Waals surface area contributed by atoms with Crippen LogP contribution in [0.25, 0.3) is 0 Å². The summed E-state index contributed by atoms with van der Waals surface area (Å²) in [5.74, 6) is 0. The van der Waals surface area contributed by atoms with Crippen LogP contribution in [0.2, 0.25) is 0 Å². The highest BCUT2D eigenvalue weighted by Gasteiger charge is 2.07. The van der Waals surface area contributed by atoms with Crippen molar-refractivity contribution in [2.45, 2.75) is 26.8 Å². The van der Waals surface area contributed by atoms with Crippen molar-refractivity contribution in [3.63, 3.8) is 0 Å². The summed E-state index contributed by atoms with van der Waals surface area (Å²) >= 11 is 0. The lowest BCUT2D eigenvalue weighted by atomic mass is 10.3. The minimum Gasteiger partial charge on any atom is -0.383 e. The summed E-state index contributed by atoms with van der Waals surface area (Å²) in [4.78, 5) is 2.38. The van der Waals surface area contributed by atoms with Gasteiger partial charge in [0.25, 0.3) is 0 Å². The Morgan fingerprint density at radius 3 is 2.10 bits per heavy atom. The highest BCUT2D eigenvalue weighted by molar-refractivity contribution is 4.62. The molecular weight excluding hydrogens is 126 g/mol. The molecule has 2 heteroatoms. The molecule has 0 aromatic heterocycles. The van der Waals surface area contributed by atoms with Gasteiger partial charge < -0.3 is 4.74 Å². The highest BCUT2D eigenvalue weighted by Crippen LogP contribution is 1.97. The van der Waals surface area contributed by atoms with Gasteiger partial charge in [0, 0.05) is 13.2 Å². The molecular formula is C8H19NO. The molecule has 0 aromatic carbocycles. The predicted molar refractivity (Wildman–Crippen MR) is 44.3 cm³/mol. The Morgan fingerprint density at radius 1 is 1.30 bits per heavy atom. The van der Waals surface area contributed by atoms with E-state index in [0.29, 0.717) is 6.04 Å². The maximum absolute atomic E-state index is 5.05. The lowest BCUT2D eigenvalue weighted by molar-refractivity contribution is 0.106. The second-order valence-electron chi connectivity index (χ2n) is 2.53. The summed E-state index contributed by atoms with van der Waals surface area (Å²) in [6, 6.07) is 0.556. The summed E-state index contributed by atoms with van der Waals surface area (Å²) in [6.45, 7) is 9.60. The van der Waals surface area contributed by atoms with Gasteiger partial charge in [-0.05, 0) is 20.0 Å². The van der Waals surface area contributed by atoms with E-state index in [0.717, 1.165) is 19.7 Å². The molecule has 0 heterocycles. The standard InChI is InChI=1S/C8H19NO/c1-5-9(6-2)8(3)7-10-4/h8H,5-7H2,1-4H3/t8-/m1/s1. The molecule has 0 amide bonds. The van der Waals surface area contributed by atoms with Crippen LogP contribution in [-0.4, -0.2) is 37.7 Å². The maximum Gasteiger partial charge on any atom is 0.0615 e. The Hall–Kier alpha value is -0.0800. The number of hydrogen-bond donors (Lipinski definition) is 0. The Bertz CT molecular complexity index is 71.7. The lowest BCUT2D eigenvalue weighted by Gasteiger charge is -2.25. The fraction of sp³-hybridized carbons (Fsp3) is 1.00. The molecule has 0 aromatic rings. The third kappa shape index (κ3) is 3.18. The van der Waals surface area contributed by atoms with Gasteiger partial charge in [-0.3, -0.25) is 4.90 Å². The van der Waals surface area contributed by atoms with Gasteiger partial charge in [0.1, 0.15) is 0 Å². The molecule has 0 N–H and O–H groups in total. The van der Waals surface area contributed by atoms with Gasteiger partial charge >= 0.3 is 0 Å². The first-order chi connectivity index (χ1) is 4.76. The third-order valence-corrected chi connectivity index (χ3v) is 1.84. The zero-order chi connectivity index (χ0) is 7.98. The van der Waals surface area contributed by atoms with Gasteiger partial charge in [0.05, 0.1) is 6.61 Å². The zero-order valence-electron chi connectivity index (χ0n) is 7.55. The van der Waals surface area contributed by atoms with Crippen molar-refractivity contribution >= 4 is 0 Å². The van der Waals surface area contributed by atoms with Crippen LogP contribution in [-0.2, 0) is 4.74 Å². The minimum absolute atomic E-state index is 0.556. The predicted octanol–water partition coefficient (Wildman–Crippen LogP) is 1.36. The van der Waals surface area contributed by atoms with Crippen LogP contribution >= 0.6 is 0 Å². The first kappa shape index (κ1) is 9.92. The second kappa shape index (κ2) is 5.69. The highest BCUT2D eigenvalue weighted by atomic mass is 16.5. The van der Waals surface area contributed by atoms with Crippen molar-refractivity contribution in [2.24, 2.45) is 0 Å². The summed E-state index contributed by atoms with van der Waals surface area (Å²) in [7, 11) is 1.75. The minimum atomic E-state index is 0.556. The fourth-order valence-electron chi connectivity index (χ4n) is 1.19. The molecule has 0 saturated carbocycles. The normalized spacial score (nSPS) is 14.1. The molecule has 0 saturated heterocycles. The summed E-state index contributed by atoms with van der Waals surface area (Å²) in [6.07, 6.45) is 0. The third-order valence-electron chi connectivity index (χ3n) is 1.84. The Kier molecular flexibility index (Phi) is 5.64. The number of rotatable bonds is 5. The van der Waals surface area contributed by atoms with Gasteiger partial charge in [0.2, 0.25) is 0 Å². The van der Waals surface area contributed by atoms with E-state index >= 15 is 0 Å². The first-order valence-corrected chi connectivity index (χ1v) is 3.99. The van der Waals surface area contributed by atoms with E-state index in [1.54, 1.807) is 7.11 Å². The Morgan fingerprint density at radius 2 is 1.80 bits per heavy atom. The number of hydrogen-bond acceptors (Lipinski definition) is 2. The van der Waals surface area contributed by atoms with E-state index in [2.05, 4.69) is 25.7 Å². The lowest BCUT2D eigenvalue weighted by Crippen LogP contribution is -2.35. The van der Waals surface area contributed by atoms with Gasteiger partial charge in [-0.15, -0.1) is 0 Å². The summed E-state index contributed by atoms with van der Waals surface area (Å²) in [5, 5.41) is 0. The van der Waals surface area contributed by atoms with Crippen LogP contribution in [0.15, 0.2) is 0 Å². The van der Waals surface area contributed by atoms with Gasteiger partial charge in [-0.1, -0.05) is 13.8 Å². The largest absolute Gasteiger partial charge is 0.383 e. The number of nitrogens with zero attached hydrogens (tertiary/aromatic N) is 1. The molecule has 0 radical (unpaired) electrons. The van der Waals surface area contributed by atoms with Gasteiger partial charge in [0.15, 0.2) is 0 Å². The second-order valence-corrected chi connectivity index (χ2v) is 2.53. The van der Waals surface area contributed by atoms with Crippen LogP contribution in [0.5, 0.6) is 0 Å². The average molecular weight is 145 g/mol. The van der Waals surface area contributed by atoms with E-state index < -0.39 is 0 Å². The van der Waals surface area contributed by atoms with Crippen molar-refractivity contribution in [2.75, 3.05) is 26.8 Å². The molecule has 2 nitrogen and oxygen atoms in total. The van der Waals surface area contributed by atoms with E-state index in [9.17, 15) is 0 Å². The van der Waals surface area contributed by atoms with Crippen molar-refractivity contribution < 1.29 is 4.74 Å². The zero-order valence-corrected chi connectivity index (χ0v) is 7.55. The molecule has 10 heavy (non-hydrogen) atoms. The topological polar surface area (TPSA) is 12.5 Å². The Labute approximate surface area is 64.2 Å². The SMILES string of the molecule is CCN(CC)[C@H](C)COC. The van der Waals surface area contributed by atoms with Crippen LogP contribution in [0.3, 0.4) is 0 Å². The van der Waals surface area contributed by atoms with E-state index in [1.807, 2.05) is 0 Å². The molecule has 62 valence electrons. The molecule has 0 unspecified atom stereocenters. The monoisotopic (exact) mass is 145 g/mol. The number of likely N-dealkylation sites (N-methyl/N-ethyl adjacent to an activating group) is 1. The maximum atomic E-state index is 5.05. The van der Waals surface area contributed by atoms with E-state index in [4.69, 9.17) is 4.74 Å². The van der Waals surface area contributed by atoms with E-state index in [-0.39, 0.29) is 0 Å². The van der Waals surface area contributed by atoms with Crippen molar-refractivity contribution in [3.05, 3.63) is 0 Å². The van der Waals surface area contributed by atoms with Crippen LogP contribution in [0.1, 0.15) is 20.8 Å². The van der Waals surface area contributed by atoms with Gasteiger partial charge in [-0.25, -0.2) is 0 Å². The van der Waals surface area contributed by atoms with Crippen LogP contribution in [0, 0.1) is 0 Å². The van der Waals surface area contributed by atoms with Crippen molar-refractivity contribution in [1.82, 2.24) is 4.90 Å². The number of methoxy groups -OCH3 is 1. The van der Waals surface area contributed by atoms with E-state index in [1.165, 1.54) is 0 Å². The van der Waals surface area contributed by atoms with Crippen LogP contribution in [0.4, 0.5) is 0 Å². The average Bonchev–Trinajstić information content (AvgIpc) is 1.91. The molecule has 0 fully saturated rings. The van der Waals surface area contributed by atoms with Crippen molar-refractivity contribution in [3.8, 4) is 0 Å². The molecule has 0 rings (SSSR count). The van der Waals surface area contributed by atoms with Gasteiger partial charge in [-0.2, -0.15) is 0 Å². The smallest absolute Gasteiger partial charge is 0.0615 e. The van der Waals surface area contributed by atoms with Crippen molar-refractivity contribution in [1.29, 1.82) is 0 Å². The quantitative estimate of drug-likeness (QED) is 0.579. The summed E-state index contributed by atoms with van der Waals surface area (Å²) in [5.41, 5.74) is 0. The number of ether oxygens (including phenoxy) is 1. The first-order valence-electron chi connectivity index (χ1n) is 3.99. The summed E-state index contributed by atoms with van der Waals surface area (Å²) < 4.78 is 5.05. The molecule has 0 aliphatic rings. The fourth-order valence-corrected chi connectivity index (χ4v) is 1.19. The molecule has 0 spiro atoms. The molecule has 0 aliphatic heterocycles. The molecule has 0 bridgehead atoms.